The van der Waals surface area contributed by atoms with Crippen molar-refractivity contribution in [1.29, 1.82) is 0 Å². The summed E-state index contributed by atoms with van der Waals surface area (Å²) in [6.07, 6.45) is 4.41. The van der Waals surface area contributed by atoms with Gasteiger partial charge in [-0.3, -0.25) is 0 Å². The van der Waals surface area contributed by atoms with Crippen molar-refractivity contribution in [3.8, 4) is 100 Å². The molecule has 20 aromatic rings. The average Bonchev–Trinajstić information content (AvgIpc) is 1.59. The fourth-order valence-corrected chi connectivity index (χ4v) is 16.5. The van der Waals surface area contributed by atoms with Gasteiger partial charge >= 0.3 is 0 Å². The first-order valence-electron chi connectivity index (χ1n) is 39.1. The Hall–Kier alpha value is -15.1. The van der Waals surface area contributed by atoms with Crippen LogP contribution in [-0.4, -0.2) is 9.13 Å². The van der Waals surface area contributed by atoms with E-state index in [1.165, 1.54) is 111 Å². The molecule has 4 heteroatoms. The summed E-state index contributed by atoms with van der Waals surface area (Å²) in [6.45, 7) is 0. The maximum atomic E-state index is 2.43. The molecule has 0 amide bonds. The minimum Gasteiger partial charge on any atom is -0.311 e. The quantitative estimate of drug-likeness (QED) is 0.0796. The van der Waals surface area contributed by atoms with E-state index in [9.17, 15) is 0 Å². The van der Waals surface area contributed by atoms with E-state index in [2.05, 4.69) is 480 Å². The summed E-state index contributed by atoms with van der Waals surface area (Å²) in [4.78, 5) is 4.68. The minimum atomic E-state index is 1.06. The maximum Gasteiger partial charge on any atom is 0.0541 e. The van der Waals surface area contributed by atoms with Crippen LogP contribution in [-0.2, 0) is 0 Å². The van der Waals surface area contributed by atoms with Crippen LogP contribution in [0.3, 0.4) is 0 Å². The van der Waals surface area contributed by atoms with Crippen molar-refractivity contribution in [2.45, 2.75) is 0 Å². The van der Waals surface area contributed by atoms with Gasteiger partial charge in [-0.15, -0.1) is 0 Å². The van der Waals surface area contributed by atoms with Crippen molar-refractivity contribution in [1.82, 2.24) is 9.13 Å². The summed E-state index contributed by atoms with van der Waals surface area (Å²) >= 11 is 0. The van der Waals surface area contributed by atoms with Crippen LogP contribution in [0.5, 0.6) is 0 Å². The number of nitrogens with zero attached hydrogens (tertiary/aromatic N) is 4. The second kappa shape index (κ2) is 30.1. The van der Waals surface area contributed by atoms with Gasteiger partial charge in [0, 0.05) is 67.0 Å². The van der Waals surface area contributed by atoms with E-state index in [4.69, 9.17) is 0 Å². The first kappa shape index (κ1) is 68.2. The van der Waals surface area contributed by atoms with Crippen LogP contribution in [0.25, 0.3) is 156 Å². The van der Waals surface area contributed by atoms with Crippen molar-refractivity contribution in [2.75, 3.05) is 9.80 Å². The molecule has 18 aromatic carbocycles. The second-order valence-corrected chi connectivity index (χ2v) is 29.3. The number of anilines is 6. The Bertz CT molecular complexity index is 6120. The monoisotopic (exact) mass is 1450 g/mol. The van der Waals surface area contributed by atoms with E-state index >= 15 is 0 Å². The Balaban J connectivity index is 0.577. The highest BCUT2D eigenvalue weighted by molar-refractivity contribution is 6.13. The number of para-hydroxylation sites is 2. The Morgan fingerprint density at radius 2 is 0.325 bits per heavy atom. The SMILES string of the molecule is C(=Cc1ccc(N(c2ccccc2)c2ccc(-n3c4ccc(-c5ccc(-c6ccccc6)cc5)cc4c4cc(-c5ccc(-c6ccccc6)cc5)ccc43)cc2)cc1)c1ccc(N(c2ccccc2)c2ccc(-n3c4ccc(-c5ccc(-c6ccccc6)cc5)cc4c4cc(-c5ccc(-c6ccccc6)cc5)ccc43)cc2)cc1. The average molecular weight is 1450 g/mol. The minimum absolute atomic E-state index is 1.06. The molecule has 0 bridgehead atoms. The summed E-state index contributed by atoms with van der Waals surface area (Å²) in [7, 11) is 0. The van der Waals surface area contributed by atoms with Crippen molar-refractivity contribution in [2.24, 2.45) is 0 Å². The molecule has 0 fully saturated rings. The predicted molar refractivity (Wildman–Crippen MR) is 483 cm³/mol. The Morgan fingerprint density at radius 1 is 0.149 bits per heavy atom. The standard InChI is InChI=1S/C110H76N4/c1-7-19-79(20-8-1)83-37-45-87(46-38-83)91-53-69-107-103(73-91)104-74-92(88-47-39-84(40-48-88)80-21-9-2-10-22-80)54-70-108(104)113(107)101-65-61-99(62-66-101)111(95-27-15-5-16-28-95)97-57-33-77(34-58-97)31-32-78-35-59-98(60-36-78)112(96-29-17-6-18-30-96)100-63-67-102(68-64-100)114-109-71-55-93(89-49-41-85(42-50-89)81-23-11-3-12-24-81)75-105(109)106-76-94(56-72-110(106)114)90-51-43-86(44-52-90)82-25-13-4-14-26-82/h1-76H. The molecule has 0 radical (unpaired) electrons. The van der Waals surface area contributed by atoms with Crippen molar-refractivity contribution >= 4 is 89.9 Å². The molecule has 0 saturated heterocycles. The second-order valence-electron chi connectivity index (χ2n) is 29.3. The molecule has 0 spiro atoms. The summed E-state index contributed by atoms with van der Waals surface area (Å²) in [5.41, 5.74) is 34.5. The molecule has 114 heavy (non-hydrogen) atoms. The topological polar surface area (TPSA) is 16.3 Å². The van der Waals surface area contributed by atoms with Crippen LogP contribution in [0.15, 0.2) is 449 Å². The zero-order chi connectivity index (χ0) is 75.7. The molecule has 0 aliphatic rings. The van der Waals surface area contributed by atoms with Gasteiger partial charge < -0.3 is 18.9 Å². The van der Waals surface area contributed by atoms with E-state index < -0.39 is 0 Å². The Labute approximate surface area is 664 Å². The van der Waals surface area contributed by atoms with E-state index in [0.29, 0.717) is 0 Å². The van der Waals surface area contributed by atoms with Gasteiger partial charge in [0.05, 0.1) is 22.1 Å². The summed E-state index contributed by atoms with van der Waals surface area (Å²) in [5, 5.41) is 4.82. The lowest BCUT2D eigenvalue weighted by Crippen LogP contribution is -2.10. The van der Waals surface area contributed by atoms with Crippen LogP contribution in [0.2, 0.25) is 0 Å². The zero-order valence-electron chi connectivity index (χ0n) is 62.7. The molecular formula is C110H76N4. The number of aromatic nitrogens is 2. The van der Waals surface area contributed by atoms with Crippen LogP contribution in [0.4, 0.5) is 34.1 Å². The van der Waals surface area contributed by atoms with Crippen molar-refractivity contribution < 1.29 is 0 Å². The van der Waals surface area contributed by atoms with Gasteiger partial charge in [0.15, 0.2) is 0 Å². The number of fused-ring (bicyclic) bond motifs is 6. The van der Waals surface area contributed by atoms with E-state index in [0.717, 1.165) is 78.7 Å². The molecule has 0 N–H and O–H groups in total. The first-order valence-corrected chi connectivity index (χ1v) is 39.1. The lowest BCUT2D eigenvalue weighted by atomic mass is 9.97. The zero-order valence-corrected chi connectivity index (χ0v) is 62.7. The first-order chi connectivity index (χ1) is 56.5. The maximum absolute atomic E-state index is 2.43. The van der Waals surface area contributed by atoms with Gasteiger partial charge in [-0.05, 0) is 246 Å². The summed E-state index contributed by atoms with van der Waals surface area (Å²) in [5.74, 6) is 0. The molecular weight excluding hydrogens is 1380 g/mol. The third kappa shape index (κ3) is 13.4. The largest absolute Gasteiger partial charge is 0.311 e. The van der Waals surface area contributed by atoms with Gasteiger partial charge in [0.25, 0.3) is 0 Å². The molecule has 2 aromatic heterocycles. The smallest absolute Gasteiger partial charge is 0.0541 e. The molecule has 0 aliphatic carbocycles. The molecule has 0 aliphatic heterocycles. The molecule has 2 heterocycles. The van der Waals surface area contributed by atoms with Gasteiger partial charge in [-0.1, -0.05) is 315 Å². The highest BCUT2D eigenvalue weighted by atomic mass is 15.1. The lowest BCUT2D eigenvalue weighted by molar-refractivity contribution is 1.17. The third-order valence-electron chi connectivity index (χ3n) is 22.4. The predicted octanol–water partition coefficient (Wildman–Crippen LogP) is 30.3. The lowest BCUT2D eigenvalue weighted by Gasteiger charge is -2.26. The van der Waals surface area contributed by atoms with Crippen molar-refractivity contribution in [3.05, 3.63) is 460 Å². The third-order valence-corrected chi connectivity index (χ3v) is 22.4. The van der Waals surface area contributed by atoms with Gasteiger partial charge in [0.2, 0.25) is 0 Å². The molecule has 0 atom stereocenters. The van der Waals surface area contributed by atoms with Crippen LogP contribution in [0, 0.1) is 0 Å². The van der Waals surface area contributed by atoms with Crippen molar-refractivity contribution in [3.63, 3.8) is 0 Å². The van der Waals surface area contributed by atoms with Gasteiger partial charge in [0.1, 0.15) is 0 Å². The van der Waals surface area contributed by atoms with E-state index in [1.54, 1.807) is 0 Å². The molecule has 536 valence electrons. The van der Waals surface area contributed by atoms with Gasteiger partial charge in [-0.25, -0.2) is 0 Å². The summed E-state index contributed by atoms with van der Waals surface area (Å²) in [6, 6.07) is 163. The normalized spacial score (nSPS) is 11.5. The Kier molecular flexibility index (Phi) is 18.0. The molecule has 20 rings (SSSR count). The fraction of sp³-hybridized carbons (Fsp3) is 0. The van der Waals surface area contributed by atoms with E-state index in [-0.39, 0.29) is 0 Å². The van der Waals surface area contributed by atoms with Crippen LogP contribution < -0.4 is 9.80 Å². The fourth-order valence-electron chi connectivity index (χ4n) is 16.5. The summed E-state index contributed by atoms with van der Waals surface area (Å²) < 4.78 is 4.85. The van der Waals surface area contributed by atoms with Crippen LogP contribution >= 0.6 is 0 Å². The van der Waals surface area contributed by atoms with E-state index in [1.807, 2.05) is 0 Å². The number of rotatable bonds is 18. The molecule has 4 nitrogen and oxygen atoms in total. The highest BCUT2D eigenvalue weighted by Crippen LogP contribution is 2.44. The molecule has 0 saturated carbocycles. The number of benzene rings is 18. The molecule has 0 unspecified atom stereocenters. The number of hydrogen-bond donors (Lipinski definition) is 0. The van der Waals surface area contributed by atoms with Gasteiger partial charge in [-0.2, -0.15) is 0 Å². The Morgan fingerprint density at radius 3 is 0.553 bits per heavy atom. The highest BCUT2D eigenvalue weighted by Gasteiger charge is 2.21. The number of hydrogen-bond acceptors (Lipinski definition) is 2. The van der Waals surface area contributed by atoms with Crippen LogP contribution in [0.1, 0.15) is 11.1 Å².